The topological polar surface area (TPSA) is 43.1 Å². The van der Waals surface area contributed by atoms with Crippen LogP contribution in [0.4, 0.5) is 10.1 Å². The predicted molar refractivity (Wildman–Crippen MR) is 52.2 cm³/mol. The molecule has 14 heavy (non-hydrogen) atoms. The average molecular weight is 217 g/mol. The van der Waals surface area contributed by atoms with Gasteiger partial charge in [-0.2, -0.15) is 0 Å². The first-order valence-corrected chi connectivity index (χ1v) is 4.27. The zero-order chi connectivity index (χ0) is 10.7. The van der Waals surface area contributed by atoms with Crippen LogP contribution in [-0.2, 0) is 0 Å². The van der Waals surface area contributed by atoms with Crippen LogP contribution >= 0.6 is 11.6 Å². The maximum atomic E-state index is 12.3. The Bertz CT molecular complexity index is 357. The van der Waals surface area contributed by atoms with E-state index in [1.165, 1.54) is 18.2 Å². The van der Waals surface area contributed by atoms with E-state index < -0.39 is 17.5 Å². The van der Waals surface area contributed by atoms with E-state index >= 15 is 0 Å². The van der Waals surface area contributed by atoms with E-state index in [0.29, 0.717) is 10.6 Å². The summed E-state index contributed by atoms with van der Waals surface area (Å²) in [5, 5.41) is 10.7. The van der Waals surface area contributed by atoms with Crippen LogP contribution in [-0.4, -0.2) is 11.6 Å². The lowest BCUT2D eigenvalue weighted by molar-refractivity contribution is -0.384. The summed E-state index contributed by atoms with van der Waals surface area (Å²) in [6.07, 6.45) is 0. The van der Waals surface area contributed by atoms with Crippen molar-refractivity contribution in [3.05, 3.63) is 45.8 Å². The fraction of sp³-hybridized carbons (Fsp3) is 0.222. The number of nitro groups is 1. The van der Waals surface area contributed by atoms with E-state index in [4.69, 9.17) is 11.6 Å². The monoisotopic (exact) mass is 216 g/mol. The molecule has 1 radical (unpaired) electrons. The van der Waals surface area contributed by atoms with E-state index in [1.54, 1.807) is 0 Å². The summed E-state index contributed by atoms with van der Waals surface area (Å²) in [6.45, 7) is 2.81. The van der Waals surface area contributed by atoms with Crippen LogP contribution in [0.25, 0.3) is 0 Å². The van der Waals surface area contributed by atoms with Crippen LogP contribution in [0.1, 0.15) is 11.5 Å². The van der Waals surface area contributed by atoms with Crippen LogP contribution in [0.15, 0.2) is 18.2 Å². The van der Waals surface area contributed by atoms with Gasteiger partial charge in [-0.1, -0.05) is 11.6 Å². The summed E-state index contributed by atoms with van der Waals surface area (Å²) in [5.41, 5.74) is 0.259. The maximum absolute atomic E-state index is 12.3. The van der Waals surface area contributed by atoms with E-state index in [2.05, 4.69) is 6.92 Å². The SMILES string of the molecule is [CH2]C(CF)c1cc([N+](=O)[O-])ccc1Cl. The second-order valence-corrected chi connectivity index (χ2v) is 3.22. The number of halogens is 2. The van der Waals surface area contributed by atoms with E-state index in [-0.39, 0.29) is 5.69 Å². The minimum atomic E-state index is -0.694. The van der Waals surface area contributed by atoms with Gasteiger partial charge in [-0.05, 0) is 18.6 Å². The highest BCUT2D eigenvalue weighted by Crippen LogP contribution is 2.28. The van der Waals surface area contributed by atoms with E-state index in [0.717, 1.165) is 0 Å². The molecule has 0 heterocycles. The Morgan fingerprint density at radius 1 is 1.64 bits per heavy atom. The van der Waals surface area contributed by atoms with Gasteiger partial charge in [0.25, 0.3) is 5.69 Å². The summed E-state index contributed by atoms with van der Waals surface area (Å²) in [4.78, 5) is 9.87. The van der Waals surface area contributed by atoms with Crippen LogP contribution in [0, 0.1) is 17.0 Å². The lowest BCUT2D eigenvalue weighted by Gasteiger charge is -2.08. The normalized spacial score (nSPS) is 12.5. The molecule has 1 aromatic rings. The molecule has 0 aliphatic rings. The third kappa shape index (κ3) is 2.20. The molecular weight excluding hydrogens is 209 g/mol. The Kier molecular flexibility index (Phi) is 3.41. The minimum absolute atomic E-state index is 0.105. The number of alkyl halides is 1. The van der Waals surface area contributed by atoms with Gasteiger partial charge in [-0.15, -0.1) is 0 Å². The van der Waals surface area contributed by atoms with Crippen LogP contribution in [0.3, 0.4) is 0 Å². The first-order chi connectivity index (χ1) is 6.56. The summed E-state index contributed by atoms with van der Waals surface area (Å²) in [6, 6.07) is 3.90. The van der Waals surface area contributed by atoms with Crippen molar-refractivity contribution in [1.29, 1.82) is 0 Å². The third-order valence-corrected chi connectivity index (χ3v) is 2.16. The van der Waals surface area contributed by atoms with Crippen molar-refractivity contribution in [2.75, 3.05) is 6.67 Å². The molecule has 75 valence electrons. The van der Waals surface area contributed by atoms with Gasteiger partial charge in [0.1, 0.15) is 0 Å². The van der Waals surface area contributed by atoms with Crippen molar-refractivity contribution in [2.24, 2.45) is 0 Å². The van der Waals surface area contributed by atoms with Crippen molar-refractivity contribution in [3.63, 3.8) is 0 Å². The second kappa shape index (κ2) is 4.37. The summed E-state index contributed by atoms with van der Waals surface area (Å²) >= 11 is 5.75. The molecule has 0 bridgehead atoms. The Morgan fingerprint density at radius 3 is 2.79 bits per heavy atom. The van der Waals surface area contributed by atoms with Gasteiger partial charge in [-0.3, -0.25) is 14.5 Å². The molecule has 1 aromatic carbocycles. The molecule has 0 fully saturated rings. The second-order valence-electron chi connectivity index (χ2n) is 2.81. The Morgan fingerprint density at radius 2 is 2.29 bits per heavy atom. The molecule has 0 aromatic heterocycles. The molecule has 1 rings (SSSR count). The van der Waals surface area contributed by atoms with Crippen molar-refractivity contribution in [1.82, 2.24) is 0 Å². The van der Waals surface area contributed by atoms with Gasteiger partial charge >= 0.3 is 0 Å². The molecule has 0 aliphatic carbocycles. The number of benzene rings is 1. The maximum Gasteiger partial charge on any atom is 0.269 e. The molecule has 1 atom stereocenters. The highest BCUT2D eigenvalue weighted by molar-refractivity contribution is 6.31. The van der Waals surface area contributed by atoms with Crippen LogP contribution in [0.5, 0.6) is 0 Å². The zero-order valence-corrected chi connectivity index (χ0v) is 8.00. The Balaban J connectivity index is 3.14. The molecule has 5 heteroatoms. The van der Waals surface area contributed by atoms with Gasteiger partial charge in [0, 0.05) is 23.1 Å². The number of nitrogens with zero attached hydrogens (tertiary/aromatic N) is 1. The van der Waals surface area contributed by atoms with Gasteiger partial charge in [0.15, 0.2) is 0 Å². The fourth-order valence-corrected chi connectivity index (χ4v) is 1.31. The quantitative estimate of drug-likeness (QED) is 0.576. The zero-order valence-electron chi connectivity index (χ0n) is 7.24. The highest BCUT2D eigenvalue weighted by Gasteiger charge is 2.14. The van der Waals surface area contributed by atoms with E-state index in [1.807, 2.05) is 0 Å². The lowest BCUT2D eigenvalue weighted by Crippen LogP contribution is -1.98. The molecule has 0 saturated heterocycles. The first kappa shape index (κ1) is 10.9. The molecule has 0 saturated carbocycles. The summed E-state index contributed by atoms with van der Waals surface area (Å²) < 4.78 is 12.3. The molecule has 3 nitrogen and oxygen atoms in total. The summed E-state index contributed by atoms with van der Waals surface area (Å²) in [5.74, 6) is -0.664. The minimum Gasteiger partial charge on any atom is -0.258 e. The third-order valence-electron chi connectivity index (χ3n) is 1.82. The van der Waals surface area contributed by atoms with Gasteiger partial charge < -0.3 is 0 Å². The standard InChI is InChI=1S/C9H8ClFNO2/c1-6(5-11)8-4-7(12(13)14)2-3-9(8)10/h2-4,6H,1,5H2. The average Bonchev–Trinajstić information content (AvgIpc) is 2.17. The van der Waals surface area contributed by atoms with Crippen molar-refractivity contribution in [2.45, 2.75) is 5.92 Å². The number of nitro benzene ring substituents is 1. The van der Waals surface area contributed by atoms with Crippen LogP contribution in [0.2, 0.25) is 5.02 Å². The molecular formula is C9H8ClFNO2. The number of hydrogen-bond acceptors (Lipinski definition) is 2. The predicted octanol–water partition coefficient (Wildman–Crippen LogP) is 3.14. The Hall–Kier alpha value is -1.16. The highest BCUT2D eigenvalue weighted by atomic mass is 35.5. The fourth-order valence-electron chi connectivity index (χ4n) is 1.04. The van der Waals surface area contributed by atoms with Crippen molar-refractivity contribution in [3.8, 4) is 0 Å². The molecule has 0 aliphatic heterocycles. The molecule has 0 N–H and O–H groups in total. The van der Waals surface area contributed by atoms with Crippen LogP contribution < -0.4 is 0 Å². The number of rotatable bonds is 3. The Labute approximate surface area is 85.6 Å². The smallest absolute Gasteiger partial charge is 0.258 e. The first-order valence-electron chi connectivity index (χ1n) is 3.89. The van der Waals surface area contributed by atoms with E-state index in [9.17, 15) is 14.5 Å². The molecule has 1 unspecified atom stereocenters. The van der Waals surface area contributed by atoms with Crippen molar-refractivity contribution < 1.29 is 9.31 Å². The van der Waals surface area contributed by atoms with Gasteiger partial charge in [-0.25, -0.2) is 0 Å². The molecule has 0 amide bonds. The van der Waals surface area contributed by atoms with Crippen molar-refractivity contribution >= 4 is 17.3 Å². The number of non-ortho nitro benzene ring substituents is 1. The molecule has 0 spiro atoms. The summed E-state index contributed by atoms with van der Waals surface area (Å²) in [7, 11) is 0. The largest absolute Gasteiger partial charge is 0.269 e. The van der Waals surface area contributed by atoms with Gasteiger partial charge in [0.2, 0.25) is 0 Å². The lowest BCUT2D eigenvalue weighted by atomic mass is 10.0. The van der Waals surface area contributed by atoms with Gasteiger partial charge in [0.05, 0.1) is 11.6 Å². The number of hydrogen-bond donors (Lipinski definition) is 0.